The Morgan fingerprint density at radius 3 is 2.43 bits per heavy atom. The quantitative estimate of drug-likeness (QED) is 0.592. The number of likely N-dealkylation sites (N-methyl/N-ethyl adjacent to an activating group) is 1. The van der Waals surface area contributed by atoms with Crippen LogP contribution in [0.1, 0.15) is 39.5 Å². The summed E-state index contributed by atoms with van der Waals surface area (Å²) in [5.74, 6) is -0.379. The topological polar surface area (TPSA) is 87.5 Å². The Labute approximate surface area is 127 Å². The fraction of sp³-hybridized carbons (Fsp3) is 0.867. The lowest BCUT2D eigenvalue weighted by Gasteiger charge is -2.24. The molecule has 0 radical (unpaired) electrons. The van der Waals surface area contributed by atoms with Crippen molar-refractivity contribution in [2.75, 3.05) is 26.7 Å². The van der Waals surface area contributed by atoms with Gasteiger partial charge in [-0.15, -0.1) is 0 Å². The molecule has 1 saturated carbocycles. The minimum atomic E-state index is -0.564. The van der Waals surface area contributed by atoms with Crippen LogP contribution in [0.15, 0.2) is 0 Å². The zero-order valence-electron chi connectivity index (χ0n) is 13.5. The first-order valence-electron chi connectivity index (χ1n) is 7.92. The number of nitrogens with one attached hydrogen (secondary N) is 2. The number of hydrogen-bond acceptors (Lipinski definition) is 4. The molecule has 6 heteroatoms. The average Bonchev–Trinajstić information content (AvgIpc) is 2.97. The van der Waals surface area contributed by atoms with Gasteiger partial charge in [-0.05, 0) is 25.8 Å². The maximum absolute atomic E-state index is 11.7. The van der Waals surface area contributed by atoms with Gasteiger partial charge in [0, 0.05) is 19.1 Å². The Kier molecular flexibility index (Phi) is 7.67. The van der Waals surface area contributed by atoms with Gasteiger partial charge in [-0.3, -0.25) is 9.59 Å². The summed E-state index contributed by atoms with van der Waals surface area (Å²) in [5, 5.41) is 5.39. The molecule has 122 valence electrons. The fourth-order valence-electron chi connectivity index (χ4n) is 2.55. The van der Waals surface area contributed by atoms with Gasteiger partial charge < -0.3 is 21.3 Å². The molecule has 0 heterocycles. The van der Waals surface area contributed by atoms with Crippen molar-refractivity contribution in [2.45, 2.75) is 51.6 Å². The van der Waals surface area contributed by atoms with Gasteiger partial charge in [0.25, 0.3) is 0 Å². The Balaban J connectivity index is 2.12. The first-order valence-corrected chi connectivity index (χ1v) is 7.92. The van der Waals surface area contributed by atoms with Gasteiger partial charge in [0.15, 0.2) is 0 Å². The molecule has 0 unspecified atom stereocenters. The molecule has 1 rings (SSSR count). The molecule has 1 fully saturated rings. The van der Waals surface area contributed by atoms with Crippen LogP contribution >= 0.6 is 0 Å². The zero-order chi connectivity index (χ0) is 15.8. The fourth-order valence-corrected chi connectivity index (χ4v) is 2.55. The molecule has 1 aliphatic carbocycles. The summed E-state index contributed by atoms with van der Waals surface area (Å²) < 4.78 is 0. The molecule has 0 aliphatic heterocycles. The highest BCUT2D eigenvalue weighted by Gasteiger charge is 2.19. The Hall–Kier alpha value is -1.14. The van der Waals surface area contributed by atoms with Crippen molar-refractivity contribution in [3.05, 3.63) is 0 Å². The van der Waals surface area contributed by atoms with Crippen LogP contribution in [-0.4, -0.2) is 55.5 Å². The molecule has 0 bridgehead atoms. The van der Waals surface area contributed by atoms with Crippen LogP contribution < -0.4 is 16.4 Å². The number of nitrogens with zero attached hydrogens (tertiary/aromatic N) is 1. The minimum absolute atomic E-state index is 0.00754. The van der Waals surface area contributed by atoms with Gasteiger partial charge in [0.1, 0.15) is 0 Å². The number of rotatable bonds is 8. The van der Waals surface area contributed by atoms with E-state index in [4.69, 9.17) is 5.73 Å². The van der Waals surface area contributed by atoms with E-state index in [1.165, 1.54) is 25.7 Å². The largest absolute Gasteiger partial charge is 0.353 e. The van der Waals surface area contributed by atoms with E-state index in [1.54, 1.807) is 0 Å². The van der Waals surface area contributed by atoms with Crippen LogP contribution in [0.5, 0.6) is 0 Å². The SMILES string of the molecule is CC(C)[C@H](N)C(=O)NCC(=O)NCCN(C)C1CCCC1. The number of hydrogen-bond donors (Lipinski definition) is 3. The number of carbonyl (C=O) groups excluding carboxylic acids is 2. The molecular formula is C15H30N4O2. The molecule has 1 aliphatic rings. The van der Waals surface area contributed by atoms with Crippen molar-refractivity contribution in [3.63, 3.8) is 0 Å². The lowest BCUT2D eigenvalue weighted by Crippen LogP contribution is -2.47. The molecule has 0 aromatic carbocycles. The van der Waals surface area contributed by atoms with E-state index in [-0.39, 0.29) is 24.3 Å². The summed E-state index contributed by atoms with van der Waals surface area (Å²) >= 11 is 0. The zero-order valence-corrected chi connectivity index (χ0v) is 13.5. The van der Waals surface area contributed by atoms with E-state index < -0.39 is 6.04 Å². The maximum Gasteiger partial charge on any atom is 0.239 e. The molecule has 21 heavy (non-hydrogen) atoms. The Bertz CT molecular complexity index is 341. The monoisotopic (exact) mass is 298 g/mol. The molecule has 0 spiro atoms. The van der Waals surface area contributed by atoms with Crippen LogP contribution in [0.25, 0.3) is 0 Å². The van der Waals surface area contributed by atoms with Gasteiger partial charge in [-0.25, -0.2) is 0 Å². The first-order chi connectivity index (χ1) is 9.91. The second-order valence-corrected chi connectivity index (χ2v) is 6.26. The lowest BCUT2D eigenvalue weighted by atomic mass is 10.1. The van der Waals surface area contributed by atoms with E-state index in [1.807, 2.05) is 13.8 Å². The van der Waals surface area contributed by atoms with Crippen LogP contribution in [0.3, 0.4) is 0 Å². The Morgan fingerprint density at radius 2 is 1.86 bits per heavy atom. The average molecular weight is 298 g/mol. The van der Waals surface area contributed by atoms with Gasteiger partial charge in [0.05, 0.1) is 12.6 Å². The van der Waals surface area contributed by atoms with Crippen LogP contribution in [0.2, 0.25) is 0 Å². The highest BCUT2D eigenvalue weighted by atomic mass is 16.2. The molecule has 0 saturated heterocycles. The predicted octanol–water partition coefficient (Wildman–Crippen LogP) is 0.0765. The summed E-state index contributed by atoms with van der Waals surface area (Å²) in [4.78, 5) is 25.6. The Morgan fingerprint density at radius 1 is 1.24 bits per heavy atom. The molecular weight excluding hydrogens is 268 g/mol. The van der Waals surface area contributed by atoms with Crippen LogP contribution in [0.4, 0.5) is 0 Å². The standard InChI is InChI=1S/C15H30N4O2/c1-11(2)14(16)15(21)18-10-13(20)17-8-9-19(3)12-6-4-5-7-12/h11-12,14H,4-10,16H2,1-3H3,(H,17,20)(H,18,21)/t14-/m0/s1. The summed E-state index contributed by atoms with van der Waals surface area (Å²) in [6.07, 6.45) is 5.13. The number of amides is 2. The van der Waals surface area contributed by atoms with E-state index in [0.717, 1.165) is 6.54 Å². The van der Waals surface area contributed by atoms with Gasteiger partial charge >= 0.3 is 0 Å². The van der Waals surface area contributed by atoms with E-state index in [9.17, 15) is 9.59 Å². The van der Waals surface area contributed by atoms with Gasteiger partial charge in [-0.2, -0.15) is 0 Å². The summed E-state index contributed by atoms with van der Waals surface area (Å²) in [5.41, 5.74) is 5.71. The summed E-state index contributed by atoms with van der Waals surface area (Å²) in [7, 11) is 2.10. The molecule has 6 nitrogen and oxygen atoms in total. The van der Waals surface area contributed by atoms with Crippen LogP contribution in [0, 0.1) is 5.92 Å². The summed E-state index contributed by atoms with van der Waals surface area (Å²) in [6.45, 7) is 5.20. The predicted molar refractivity (Wildman–Crippen MR) is 83.7 cm³/mol. The first kappa shape index (κ1) is 17.9. The van der Waals surface area contributed by atoms with Crippen LogP contribution in [-0.2, 0) is 9.59 Å². The van der Waals surface area contributed by atoms with E-state index in [2.05, 4.69) is 22.6 Å². The third-order valence-corrected chi connectivity index (χ3v) is 4.18. The van der Waals surface area contributed by atoms with Crippen molar-refractivity contribution in [2.24, 2.45) is 11.7 Å². The van der Waals surface area contributed by atoms with E-state index in [0.29, 0.717) is 12.6 Å². The number of nitrogens with two attached hydrogens (primary N) is 1. The van der Waals surface area contributed by atoms with Gasteiger partial charge in [-0.1, -0.05) is 26.7 Å². The molecule has 2 amide bonds. The molecule has 4 N–H and O–H groups in total. The van der Waals surface area contributed by atoms with E-state index >= 15 is 0 Å². The normalized spacial score (nSPS) is 17.2. The van der Waals surface area contributed by atoms with Crippen molar-refractivity contribution < 1.29 is 9.59 Å². The third-order valence-electron chi connectivity index (χ3n) is 4.18. The number of carbonyl (C=O) groups is 2. The van der Waals surface area contributed by atoms with Crippen molar-refractivity contribution in [1.82, 2.24) is 15.5 Å². The third kappa shape index (κ3) is 6.44. The smallest absolute Gasteiger partial charge is 0.239 e. The molecule has 1 atom stereocenters. The maximum atomic E-state index is 11.7. The van der Waals surface area contributed by atoms with Crippen molar-refractivity contribution in [1.29, 1.82) is 0 Å². The highest BCUT2D eigenvalue weighted by Crippen LogP contribution is 2.21. The summed E-state index contributed by atoms with van der Waals surface area (Å²) in [6, 6.07) is 0.0944. The minimum Gasteiger partial charge on any atom is -0.353 e. The molecule has 0 aromatic rings. The highest BCUT2D eigenvalue weighted by molar-refractivity contribution is 5.87. The van der Waals surface area contributed by atoms with Crippen molar-refractivity contribution >= 4 is 11.8 Å². The molecule has 0 aromatic heterocycles. The second-order valence-electron chi connectivity index (χ2n) is 6.26. The van der Waals surface area contributed by atoms with Gasteiger partial charge in [0.2, 0.25) is 11.8 Å². The lowest BCUT2D eigenvalue weighted by molar-refractivity contribution is -0.127. The second kappa shape index (κ2) is 9.00. The van der Waals surface area contributed by atoms with Crippen molar-refractivity contribution in [3.8, 4) is 0 Å².